The van der Waals surface area contributed by atoms with Crippen molar-refractivity contribution in [1.82, 2.24) is 9.55 Å². The molecule has 4 heteroatoms. The molecule has 1 fully saturated rings. The number of aryl methyl sites for hydroxylation is 1. The minimum absolute atomic E-state index is 0.310. The summed E-state index contributed by atoms with van der Waals surface area (Å²) in [5.41, 5.74) is 6.00. The van der Waals surface area contributed by atoms with Gasteiger partial charge in [-0.25, -0.2) is 4.98 Å². The van der Waals surface area contributed by atoms with E-state index in [0.29, 0.717) is 6.04 Å². The summed E-state index contributed by atoms with van der Waals surface area (Å²) in [5, 5.41) is 0. The van der Waals surface area contributed by atoms with Crippen molar-refractivity contribution in [2.75, 3.05) is 18.0 Å². The fourth-order valence-electron chi connectivity index (χ4n) is 2.28. The Morgan fingerprint density at radius 2 is 2.44 bits per heavy atom. The average molecular weight is 222 g/mol. The van der Waals surface area contributed by atoms with Gasteiger partial charge in [-0.2, -0.15) is 0 Å². The van der Waals surface area contributed by atoms with E-state index in [1.165, 1.54) is 19.3 Å². The number of anilines is 1. The van der Waals surface area contributed by atoms with Gasteiger partial charge >= 0.3 is 0 Å². The molecule has 1 saturated heterocycles. The Hall–Kier alpha value is -1.03. The number of rotatable bonds is 4. The Morgan fingerprint density at radius 1 is 1.56 bits per heavy atom. The maximum atomic E-state index is 6.00. The minimum atomic E-state index is 0.310. The van der Waals surface area contributed by atoms with Crippen LogP contribution in [0.5, 0.6) is 0 Å². The SMILES string of the molecule is CCCCn1ccnc1N1CCCC(N)C1. The summed E-state index contributed by atoms with van der Waals surface area (Å²) in [6, 6.07) is 0.310. The van der Waals surface area contributed by atoms with Crippen LogP contribution in [0.1, 0.15) is 32.6 Å². The summed E-state index contributed by atoms with van der Waals surface area (Å²) in [6.07, 6.45) is 8.73. The molecule has 0 saturated carbocycles. The number of hydrogen-bond acceptors (Lipinski definition) is 3. The lowest BCUT2D eigenvalue weighted by Gasteiger charge is -2.31. The first-order valence-corrected chi connectivity index (χ1v) is 6.33. The van der Waals surface area contributed by atoms with Crippen molar-refractivity contribution < 1.29 is 0 Å². The minimum Gasteiger partial charge on any atom is -0.341 e. The lowest BCUT2D eigenvalue weighted by Crippen LogP contribution is -2.43. The van der Waals surface area contributed by atoms with Crippen LogP contribution in [-0.4, -0.2) is 28.7 Å². The third kappa shape index (κ3) is 2.55. The van der Waals surface area contributed by atoms with E-state index in [2.05, 4.69) is 27.6 Å². The molecule has 1 atom stereocenters. The van der Waals surface area contributed by atoms with Crippen molar-refractivity contribution in [1.29, 1.82) is 0 Å². The second-order valence-electron chi connectivity index (χ2n) is 4.62. The van der Waals surface area contributed by atoms with Gasteiger partial charge in [0.25, 0.3) is 0 Å². The summed E-state index contributed by atoms with van der Waals surface area (Å²) in [5.74, 6) is 1.10. The normalized spacial score (nSPS) is 21.4. The fourth-order valence-corrected chi connectivity index (χ4v) is 2.28. The van der Waals surface area contributed by atoms with Crippen LogP contribution in [0.2, 0.25) is 0 Å². The lowest BCUT2D eigenvalue weighted by atomic mass is 10.1. The molecule has 0 amide bonds. The van der Waals surface area contributed by atoms with E-state index in [4.69, 9.17) is 5.73 Å². The molecule has 1 aliphatic heterocycles. The second kappa shape index (κ2) is 5.34. The molecule has 0 radical (unpaired) electrons. The predicted octanol–water partition coefficient (Wildman–Crippen LogP) is 1.61. The van der Waals surface area contributed by atoms with E-state index < -0.39 is 0 Å². The summed E-state index contributed by atoms with van der Waals surface area (Å²) in [6.45, 7) is 5.32. The van der Waals surface area contributed by atoms with Crippen molar-refractivity contribution >= 4 is 5.95 Å². The average Bonchev–Trinajstić information content (AvgIpc) is 2.74. The first-order chi connectivity index (χ1) is 7.81. The lowest BCUT2D eigenvalue weighted by molar-refractivity contribution is 0.490. The molecular formula is C12H22N4. The molecule has 0 aromatic carbocycles. The highest BCUT2D eigenvalue weighted by Crippen LogP contribution is 2.18. The van der Waals surface area contributed by atoms with Crippen molar-refractivity contribution in [3.8, 4) is 0 Å². The quantitative estimate of drug-likeness (QED) is 0.842. The van der Waals surface area contributed by atoms with Gasteiger partial charge in [-0.15, -0.1) is 0 Å². The smallest absolute Gasteiger partial charge is 0.205 e. The van der Waals surface area contributed by atoms with E-state index in [1.54, 1.807) is 0 Å². The van der Waals surface area contributed by atoms with Gasteiger partial charge in [0.05, 0.1) is 0 Å². The summed E-state index contributed by atoms with van der Waals surface area (Å²) >= 11 is 0. The van der Waals surface area contributed by atoms with Crippen LogP contribution in [0.15, 0.2) is 12.4 Å². The molecule has 1 aromatic heterocycles. The van der Waals surface area contributed by atoms with Crippen LogP contribution in [0, 0.1) is 0 Å². The van der Waals surface area contributed by atoms with Crippen LogP contribution < -0.4 is 10.6 Å². The molecule has 1 aliphatic rings. The van der Waals surface area contributed by atoms with E-state index in [-0.39, 0.29) is 0 Å². The first-order valence-electron chi connectivity index (χ1n) is 6.33. The van der Waals surface area contributed by atoms with Crippen LogP contribution in [0.25, 0.3) is 0 Å². The van der Waals surface area contributed by atoms with Crippen molar-refractivity contribution in [2.45, 2.75) is 45.2 Å². The van der Waals surface area contributed by atoms with Gasteiger partial charge in [-0.3, -0.25) is 0 Å². The number of nitrogens with two attached hydrogens (primary N) is 1. The van der Waals surface area contributed by atoms with Gasteiger partial charge in [0.1, 0.15) is 0 Å². The Bertz CT molecular complexity index is 321. The number of nitrogens with zero attached hydrogens (tertiary/aromatic N) is 3. The molecular weight excluding hydrogens is 200 g/mol. The van der Waals surface area contributed by atoms with Gasteiger partial charge in [-0.1, -0.05) is 13.3 Å². The molecule has 2 rings (SSSR count). The highest BCUT2D eigenvalue weighted by molar-refractivity contribution is 5.32. The zero-order valence-electron chi connectivity index (χ0n) is 10.1. The summed E-state index contributed by atoms with van der Waals surface area (Å²) in [4.78, 5) is 6.78. The largest absolute Gasteiger partial charge is 0.341 e. The molecule has 16 heavy (non-hydrogen) atoms. The molecule has 0 bridgehead atoms. The molecule has 0 aliphatic carbocycles. The molecule has 2 N–H and O–H groups in total. The number of imidazole rings is 1. The van der Waals surface area contributed by atoms with Crippen LogP contribution in [0.4, 0.5) is 5.95 Å². The number of hydrogen-bond donors (Lipinski definition) is 1. The second-order valence-corrected chi connectivity index (χ2v) is 4.62. The number of unbranched alkanes of at least 4 members (excludes halogenated alkanes) is 1. The third-order valence-electron chi connectivity index (χ3n) is 3.19. The van der Waals surface area contributed by atoms with E-state index in [0.717, 1.165) is 32.0 Å². The zero-order chi connectivity index (χ0) is 11.4. The number of aromatic nitrogens is 2. The van der Waals surface area contributed by atoms with Gasteiger partial charge in [0.2, 0.25) is 5.95 Å². The first kappa shape index (κ1) is 11.5. The summed E-state index contributed by atoms with van der Waals surface area (Å²) < 4.78 is 2.25. The monoisotopic (exact) mass is 222 g/mol. The maximum absolute atomic E-state index is 6.00. The summed E-state index contributed by atoms with van der Waals surface area (Å²) in [7, 11) is 0. The van der Waals surface area contributed by atoms with E-state index >= 15 is 0 Å². The molecule has 1 unspecified atom stereocenters. The Balaban J connectivity index is 2.04. The highest BCUT2D eigenvalue weighted by atomic mass is 15.3. The van der Waals surface area contributed by atoms with E-state index in [9.17, 15) is 0 Å². The van der Waals surface area contributed by atoms with Crippen molar-refractivity contribution in [3.63, 3.8) is 0 Å². The molecule has 4 nitrogen and oxygen atoms in total. The van der Waals surface area contributed by atoms with Gasteiger partial charge in [0, 0.05) is 38.1 Å². The maximum Gasteiger partial charge on any atom is 0.205 e. The van der Waals surface area contributed by atoms with E-state index in [1.807, 2.05) is 6.20 Å². The molecule has 1 aromatic rings. The van der Waals surface area contributed by atoms with Crippen LogP contribution in [-0.2, 0) is 6.54 Å². The van der Waals surface area contributed by atoms with Crippen LogP contribution >= 0.6 is 0 Å². The molecule has 90 valence electrons. The predicted molar refractivity (Wildman–Crippen MR) is 66.6 cm³/mol. The molecule has 0 spiro atoms. The Morgan fingerprint density at radius 3 is 3.19 bits per heavy atom. The van der Waals surface area contributed by atoms with Gasteiger partial charge in [-0.05, 0) is 19.3 Å². The Labute approximate surface area is 97.4 Å². The number of piperidine rings is 1. The third-order valence-corrected chi connectivity index (χ3v) is 3.19. The molecule has 2 heterocycles. The Kier molecular flexibility index (Phi) is 3.83. The van der Waals surface area contributed by atoms with Crippen molar-refractivity contribution in [2.24, 2.45) is 5.73 Å². The van der Waals surface area contributed by atoms with Gasteiger partial charge < -0.3 is 15.2 Å². The highest BCUT2D eigenvalue weighted by Gasteiger charge is 2.19. The van der Waals surface area contributed by atoms with Crippen molar-refractivity contribution in [3.05, 3.63) is 12.4 Å². The topological polar surface area (TPSA) is 47.1 Å². The fraction of sp³-hybridized carbons (Fsp3) is 0.750. The zero-order valence-corrected chi connectivity index (χ0v) is 10.1. The standard InChI is InChI=1S/C12H22N4/c1-2-3-7-15-9-6-14-12(15)16-8-4-5-11(13)10-16/h6,9,11H,2-5,7-8,10,13H2,1H3. The van der Waals surface area contributed by atoms with Gasteiger partial charge in [0.15, 0.2) is 0 Å². The van der Waals surface area contributed by atoms with Crippen LogP contribution in [0.3, 0.4) is 0 Å².